The van der Waals surface area contributed by atoms with Gasteiger partial charge in [-0.2, -0.15) is 0 Å². The van der Waals surface area contributed by atoms with Crippen molar-refractivity contribution in [2.75, 3.05) is 36.4 Å². The van der Waals surface area contributed by atoms with Gasteiger partial charge in [0.25, 0.3) is 0 Å². The van der Waals surface area contributed by atoms with E-state index in [-0.39, 0.29) is 6.04 Å². The first-order chi connectivity index (χ1) is 14.3. The normalized spacial score (nSPS) is 20.8. The first-order valence-corrected chi connectivity index (χ1v) is 11.4. The molecular formula is C25H32N4. The summed E-state index contributed by atoms with van der Waals surface area (Å²) in [7, 11) is 0. The molecule has 0 amide bonds. The summed E-state index contributed by atoms with van der Waals surface area (Å²) >= 11 is 0. The van der Waals surface area contributed by atoms with Crippen LogP contribution in [-0.4, -0.2) is 36.1 Å². The largest absolute Gasteiger partial charge is 0.374 e. The Labute approximate surface area is 174 Å². The zero-order valence-corrected chi connectivity index (χ0v) is 17.7. The van der Waals surface area contributed by atoms with Crippen molar-refractivity contribution in [2.24, 2.45) is 0 Å². The van der Waals surface area contributed by atoms with Crippen LogP contribution in [0.15, 0.2) is 36.5 Å². The Balaban J connectivity index is 1.52. The van der Waals surface area contributed by atoms with E-state index >= 15 is 0 Å². The first kappa shape index (κ1) is 18.5. The third-order valence-corrected chi connectivity index (χ3v) is 6.77. The summed E-state index contributed by atoms with van der Waals surface area (Å²) in [6, 6.07) is 9.45. The van der Waals surface area contributed by atoms with Crippen LogP contribution in [0.2, 0.25) is 0 Å². The molecule has 1 N–H and O–H groups in total. The number of aryl methyl sites for hydroxylation is 2. The maximum atomic E-state index is 4.76. The highest BCUT2D eigenvalue weighted by molar-refractivity contribution is 5.81. The van der Waals surface area contributed by atoms with Gasteiger partial charge < -0.3 is 15.1 Å². The minimum atomic E-state index is 0.174. The number of hydrogen-bond donors (Lipinski definition) is 1. The van der Waals surface area contributed by atoms with E-state index in [0.29, 0.717) is 0 Å². The van der Waals surface area contributed by atoms with Gasteiger partial charge in [0.15, 0.2) is 0 Å². The van der Waals surface area contributed by atoms with E-state index in [1.807, 2.05) is 0 Å². The monoisotopic (exact) mass is 388 g/mol. The number of nitrogens with zero attached hydrogens (tertiary/aromatic N) is 3. The molecule has 0 spiro atoms. The van der Waals surface area contributed by atoms with Gasteiger partial charge in [-0.15, -0.1) is 0 Å². The number of pyridine rings is 1. The highest BCUT2D eigenvalue weighted by atomic mass is 15.2. The molecule has 3 aliphatic rings. The maximum Gasteiger partial charge on any atom is 0.128 e. The van der Waals surface area contributed by atoms with Crippen molar-refractivity contribution in [1.29, 1.82) is 0 Å². The van der Waals surface area contributed by atoms with Crippen molar-refractivity contribution < 1.29 is 0 Å². The Morgan fingerprint density at radius 2 is 1.66 bits per heavy atom. The Morgan fingerprint density at radius 1 is 0.931 bits per heavy atom. The highest BCUT2D eigenvalue weighted by Gasteiger charge is 2.27. The lowest BCUT2D eigenvalue weighted by molar-refractivity contribution is 0.489. The van der Waals surface area contributed by atoms with E-state index < -0.39 is 0 Å². The number of benzene rings is 1. The number of nitrogens with one attached hydrogen (secondary N) is 1. The Hall–Kier alpha value is -2.49. The average Bonchev–Trinajstić information content (AvgIpc) is 3.26. The van der Waals surface area contributed by atoms with Crippen molar-refractivity contribution in [2.45, 2.75) is 52.0 Å². The zero-order valence-electron chi connectivity index (χ0n) is 17.7. The van der Waals surface area contributed by atoms with E-state index in [4.69, 9.17) is 4.98 Å². The van der Waals surface area contributed by atoms with Crippen LogP contribution in [0.25, 0.3) is 5.70 Å². The van der Waals surface area contributed by atoms with Crippen molar-refractivity contribution >= 4 is 17.2 Å². The molecule has 2 aromatic rings. The minimum absolute atomic E-state index is 0.174. The molecule has 4 nitrogen and oxygen atoms in total. The molecular weight excluding hydrogens is 356 g/mol. The SMILES string of the molecule is CCc1cc2c(cc1CC)C(N1CCCC1)=CC(c1ccc(N3CCC3)nc1)N2. The second-order valence-corrected chi connectivity index (χ2v) is 8.53. The fourth-order valence-corrected chi connectivity index (χ4v) is 4.86. The van der Waals surface area contributed by atoms with Gasteiger partial charge in [-0.05, 0) is 73.1 Å². The van der Waals surface area contributed by atoms with Crippen LogP contribution >= 0.6 is 0 Å². The smallest absolute Gasteiger partial charge is 0.128 e. The van der Waals surface area contributed by atoms with Crippen LogP contribution in [-0.2, 0) is 12.8 Å². The van der Waals surface area contributed by atoms with Crippen LogP contribution in [0.1, 0.15) is 61.4 Å². The molecule has 3 aliphatic heterocycles. The lowest BCUT2D eigenvalue weighted by Crippen LogP contribution is -2.37. The molecule has 1 aromatic carbocycles. The Morgan fingerprint density at radius 3 is 2.28 bits per heavy atom. The second kappa shape index (κ2) is 7.74. The summed E-state index contributed by atoms with van der Waals surface area (Å²) in [6.07, 6.45) is 10.5. The van der Waals surface area contributed by atoms with Gasteiger partial charge in [0.1, 0.15) is 5.82 Å². The van der Waals surface area contributed by atoms with E-state index in [1.54, 1.807) is 0 Å². The van der Waals surface area contributed by atoms with E-state index in [2.05, 4.69) is 65.5 Å². The lowest BCUT2D eigenvalue weighted by Gasteiger charge is -2.34. The molecule has 29 heavy (non-hydrogen) atoms. The molecule has 1 aromatic heterocycles. The fraction of sp³-hybridized carbons (Fsp3) is 0.480. The molecule has 1 unspecified atom stereocenters. The van der Waals surface area contributed by atoms with Gasteiger partial charge in [-0.25, -0.2) is 4.98 Å². The molecule has 4 heteroatoms. The van der Waals surface area contributed by atoms with Gasteiger partial charge in [0, 0.05) is 49.3 Å². The van der Waals surface area contributed by atoms with E-state index in [0.717, 1.165) is 31.7 Å². The zero-order chi connectivity index (χ0) is 19.8. The molecule has 152 valence electrons. The summed E-state index contributed by atoms with van der Waals surface area (Å²) in [5, 5.41) is 3.81. The number of fused-ring (bicyclic) bond motifs is 1. The first-order valence-electron chi connectivity index (χ1n) is 11.4. The molecule has 2 fully saturated rings. The fourth-order valence-electron chi connectivity index (χ4n) is 4.86. The molecule has 0 saturated carbocycles. The minimum Gasteiger partial charge on any atom is -0.374 e. The van der Waals surface area contributed by atoms with Crippen molar-refractivity contribution in [3.8, 4) is 0 Å². The molecule has 0 bridgehead atoms. The van der Waals surface area contributed by atoms with E-state index in [9.17, 15) is 0 Å². The Bertz CT molecular complexity index is 905. The van der Waals surface area contributed by atoms with Gasteiger partial charge in [0.2, 0.25) is 0 Å². The third-order valence-electron chi connectivity index (χ3n) is 6.77. The standard InChI is InChI=1S/C25H32N4/c1-3-18-14-21-23(15-19(18)4-2)27-22(16-24(21)28-10-5-6-11-28)20-8-9-25(26-17-20)29-12-7-13-29/h8-9,14-17,22,27H,3-7,10-13H2,1-2H3. The predicted molar refractivity (Wildman–Crippen MR) is 121 cm³/mol. The number of anilines is 2. The number of aromatic nitrogens is 1. The number of hydrogen-bond acceptors (Lipinski definition) is 4. The van der Waals surface area contributed by atoms with Crippen LogP contribution in [0.5, 0.6) is 0 Å². The summed E-state index contributed by atoms with van der Waals surface area (Å²) in [5.74, 6) is 1.11. The molecule has 5 rings (SSSR count). The van der Waals surface area contributed by atoms with Gasteiger partial charge in [-0.3, -0.25) is 0 Å². The van der Waals surface area contributed by atoms with Crippen molar-refractivity contribution in [3.63, 3.8) is 0 Å². The van der Waals surface area contributed by atoms with Crippen LogP contribution in [0.3, 0.4) is 0 Å². The number of rotatable bonds is 5. The summed E-state index contributed by atoms with van der Waals surface area (Å²) in [4.78, 5) is 9.69. The van der Waals surface area contributed by atoms with Gasteiger partial charge >= 0.3 is 0 Å². The van der Waals surface area contributed by atoms with Crippen LogP contribution in [0.4, 0.5) is 11.5 Å². The van der Waals surface area contributed by atoms with Gasteiger partial charge in [-0.1, -0.05) is 19.9 Å². The second-order valence-electron chi connectivity index (χ2n) is 8.53. The summed E-state index contributed by atoms with van der Waals surface area (Å²) in [6.45, 7) is 9.14. The summed E-state index contributed by atoms with van der Waals surface area (Å²) in [5.41, 5.74) is 8.26. The van der Waals surface area contributed by atoms with Gasteiger partial charge in [0.05, 0.1) is 6.04 Å². The molecule has 4 heterocycles. The maximum absolute atomic E-state index is 4.76. The van der Waals surface area contributed by atoms with Crippen LogP contribution in [0, 0.1) is 0 Å². The van der Waals surface area contributed by atoms with Crippen molar-refractivity contribution in [1.82, 2.24) is 9.88 Å². The quantitative estimate of drug-likeness (QED) is 0.779. The van der Waals surface area contributed by atoms with Crippen LogP contribution < -0.4 is 10.2 Å². The molecule has 0 radical (unpaired) electrons. The summed E-state index contributed by atoms with van der Waals surface area (Å²) < 4.78 is 0. The Kier molecular flexibility index (Phi) is 4.94. The van der Waals surface area contributed by atoms with E-state index in [1.165, 1.54) is 66.0 Å². The third kappa shape index (κ3) is 3.39. The molecule has 2 saturated heterocycles. The average molecular weight is 389 g/mol. The lowest BCUT2D eigenvalue weighted by atomic mass is 9.92. The van der Waals surface area contributed by atoms with Crippen molar-refractivity contribution in [3.05, 3.63) is 58.8 Å². The molecule has 0 aliphatic carbocycles. The molecule has 1 atom stereocenters. The number of likely N-dealkylation sites (tertiary alicyclic amines) is 1. The topological polar surface area (TPSA) is 31.4 Å². The predicted octanol–water partition coefficient (Wildman–Crippen LogP) is 5.02. The highest BCUT2D eigenvalue weighted by Crippen LogP contribution is 2.40.